The van der Waals surface area contributed by atoms with Crippen LogP contribution < -0.4 is 5.32 Å². The summed E-state index contributed by atoms with van der Waals surface area (Å²) in [6.07, 6.45) is 2.69. The molecule has 3 rings (SSSR count). The molecule has 0 aliphatic heterocycles. The highest BCUT2D eigenvalue weighted by molar-refractivity contribution is 5.83. The summed E-state index contributed by atoms with van der Waals surface area (Å²) in [4.78, 5) is 18.5. The number of benzene rings is 1. The fraction of sp³-hybridized carbons (Fsp3) is 0.471. The molecule has 7 heteroatoms. The van der Waals surface area contributed by atoms with Crippen LogP contribution in [-0.2, 0) is 11.2 Å². The van der Waals surface area contributed by atoms with E-state index in [9.17, 15) is 9.18 Å². The Labute approximate surface area is 140 Å². The van der Waals surface area contributed by atoms with E-state index in [0.29, 0.717) is 30.3 Å². The van der Waals surface area contributed by atoms with Gasteiger partial charge in [-0.15, -0.1) is 0 Å². The summed E-state index contributed by atoms with van der Waals surface area (Å²) in [5.41, 5.74) is 0.355. The lowest BCUT2D eigenvalue weighted by Crippen LogP contribution is -2.38. The average molecular weight is 332 g/mol. The number of halogens is 1. The molecule has 2 aromatic rings. The van der Waals surface area contributed by atoms with Gasteiger partial charge in [-0.3, -0.25) is 9.69 Å². The Morgan fingerprint density at radius 3 is 2.83 bits per heavy atom. The molecule has 1 aliphatic carbocycles. The molecule has 1 aromatic carbocycles. The average Bonchev–Trinajstić information content (AvgIpc) is 3.29. The lowest BCUT2D eigenvalue weighted by molar-refractivity contribution is -0.125. The third-order valence-corrected chi connectivity index (χ3v) is 4.03. The van der Waals surface area contributed by atoms with E-state index in [1.807, 2.05) is 0 Å². The number of nitrogens with zero attached hydrogens (tertiary/aromatic N) is 3. The number of carbonyl (C=O) groups is 1. The van der Waals surface area contributed by atoms with Crippen LogP contribution in [0.4, 0.5) is 4.39 Å². The van der Waals surface area contributed by atoms with Crippen molar-refractivity contribution in [2.75, 3.05) is 20.6 Å². The minimum absolute atomic E-state index is 0.257. The molecular formula is C17H21FN4O2. The van der Waals surface area contributed by atoms with Gasteiger partial charge in [-0.1, -0.05) is 23.4 Å². The Morgan fingerprint density at radius 1 is 1.42 bits per heavy atom. The zero-order chi connectivity index (χ0) is 17.1. The van der Waals surface area contributed by atoms with Gasteiger partial charge in [0.15, 0.2) is 5.82 Å². The highest BCUT2D eigenvalue weighted by atomic mass is 19.1. The first kappa shape index (κ1) is 16.6. The molecule has 0 unspecified atom stereocenters. The Hall–Kier alpha value is -2.28. The maximum atomic E-state index is 14.0. The van der Waals surface area contributed by atoms with E-state index in [0.717, 1.165) is 18.7 Å². The van der Waals surface area contributed by atoms with Gasteiger partial charge < -0.3 is 9.84 Å². The first-order valence-corrected chi connectivity index (χ1v) is 8.07. The van der Waals surface area contributed by atoms with Gasteiger partial charge in [0.25, 0.3) is 0 Å². The molecule has 0 saturated heterocycles. The van der Waals surface area contributed by atoms with Crippen molar-refractivity contribution in [3.8, 4) is 0 Å². The van der Waals surface area contributed by atoms with Gasteiger partial charge >= 0.3 is 0 Å². The molecular weight excluding hydrogens is 311 g/mol. The maximum absolute atomic E-state index is 14.0. The summed E-state index contributed by atoms with van der Waals surface area (Å²) in [5.74, 6) is 1.07. The number of amides is 1. The van der Waals surface area contributed by atoms with Crippen LogP contribution in [0.25, 0.3) is 0 Å². The van der Waals surface area contributed by atoms with Gasteiger partial charge in [0.2, 0.25) is 11.8 Å². The molecule has 0 radical (unpaired) electrons. The molecule has 128 valence electrons. The Balaban J connectivity index is 1.58. The Bertz CT molecular complexity index is 712. The molecule has 0 bridgehead atoms. The van der Waals surface area contributed by atoms with Crippen molar-refractivity contribution in [3.63, 3.8) is 0 Å². The predicted molar refractivity (Wildman–Crippen MR) is 85.8 cm³/mol. The zero-order valence-corrected chi connectivity index (χ0v) is 13.8. The quantitative estimate of drug-likeness (QED) is 0.840. The molecule has 1 N–H and O–H groups in total. The zero-order valence-electron chi connectivity index (χ0n) is 13.8. The molecule has 1 atom stereocenters. The standard InChI is InChI=1S/C17H21FN4O2/c1-22(2)15(12-5-3-4-6-13(12)18)17(23)19-10-9-14-20-16(21-24-14)11-7-8-11/h3-6,11,15H,7-10H2,1-2H3,(H,19,23)/t15-/m0/s1. The highest BCUT2D eigenvalue weighted by Gasteiger charge is 2.29. The molecule has 1 amide bonds. The van der Waals surface area contributed by atoms with Crippen molar-refractivity contribution in [1.82, 2.24) is 20.4 Å². The fourth-order valence-corrected chi connectivity index (χ4v) is 2.62. The molecule has 24 heavy (non-hydrogen) atoms. The SMILES string of the molecule is CN(C)[C@H](C(=O)NCCc1nc(C2CC2)no1)c1ccccc1F. The van der Waals surface area contributed by atoms with E-state index in [1.54, 1.807) is 37.2 Å². The molecule has 1 aromatic heterocycles. The van der Waals surface area contributed by atoms with Crippen molar-refractivity contribution in [3.05, 3.63) is 47.4 Å². The number of likely N-dealkylation sites (N-methyl/N-ethyl adjacent to an activating group) is 1. The first-order valence-electron chi connectivity index (χ1n) is 8.07. The number of carbonyl (C=O) groups excluding carboxylic acids is 1. The molecule has 0 spiro atoms. The van der Waals surface area contributed by atoms with Crippen LogP contribution in [-0.4, -0.2) is 41.6 Å². The van der Waals surface area contributed by atoms with E-state index in [2.05, 4.69) is 15.5 Å². The summed E-state index contributed by atoms with van der Waals surface area (Å²) >= 11 is 0. The number of nitrogens with one attached hydrogen (secondary N) is 1. The minimum Gasteiger partial charge on any atom is -0.354 e. The van der Waals surface area contributed by atoms with Crippen LogP contribution >= 0.6 is 0 Å². The molecule has 1 heterocycles. The lowest BCUT2D eigenvalue weighted by Gasteiger charge is -2.24. The third-order valence-electron chi connectivity index (χ3n) is 4.03. The van der Waals surface area contributed by atoms with Crippen LogP contribution in [0.1, 0.15) is 42.1 Å². The van der Waals surface area contributed by atoms with Crippen LogP contribution in [0.2, 0.25) is 0 Å². The highest BCUT2D eigenvalue weighted by Crippen LogP contribution is 2.38. The van der Waals surface area contributed by atoms with Crippen LogP contribution in [0.5, 0.6) is 0 Å². The van der Waals surface area contributed by atoms with Crippen molar-refractivity contribution in [1.29, 1.82) is 0 Å². The van der Waals surface area contributed by atoms with E-state index in [1.165, 1.54) is 6.07 Å². The second-order valence-electron chi connectivity index (χ2n) is 6.25. The Kier molecular flexibility index (Phi) is 4.89. The topological polar surface area (TPSA) is 71.3 Å². The second-order valence-corrected chi connectivity index (χ2v) is 6.25. The normalized spacial score (nSPS) is 15.5. The summed E-state index contributed by atoms with van der Waals surface area (Å²) in [6, 6.07) is 5.63. The number of hydrogen-bond donors (Lipinski definition) is 1. The van der Waals surface area contributed by atoms with E-state index in [4.69, 9.17) is 4.52 Å². The van der Waals surface area contributed by atoms with Crippen molar-refractivity contribution in [2.24, 2.45) is 0 Å². The first-order chi connectivity index (χ1) is 11.6. The smallest absolute Gasteiger partial charge is 0.242 e. The second kappa shape index (κ2) is 7.09. The molecule has 1 saturated carbocycles. The lowest BCUT2D eigenvalue weighted by atomic mass is 10.0. The number of rotatable bonds is 7. The van der Waals surface area contributed by atoms with Gasteiger partial charge in [-0.25, -0.2) is 4.39 Å². The number of hydrogen-bond acceptors (Lipinski definition) is 5. The van der Waals surface area contributed by atoms with Gasteiger partial charge in [0.1, 0.15) is 11.9 Å². The largest absolute Gasteiger partial charge is 0.354 e. The van der Waals surface area contributed by atoms with Gasteiger partial charge in [-0.2, -0.15) is 4.98 Å². The van der Waals surface area contributed by atoms with E-state index >= 15 is 0 Å². The molecule has 6 nitrogen and oxygen atoms in total. The summed E-state index contributed by atoms with van der Waals surface area (Å²) in [5, 5.41) is 6.76. The van der Waals surface area contributed by atoms with Crippen LogP contribution in [0, 0.1) is 5.82 Å². The fourth-order valence-electron chi connectivity index (χ4n) is 2.62. The predicted octanol–water partition coefficient (Wildman–Crippen LogP) is 2.05. The van der Waals surface area contributed by atoms with Crippen LogP contribution in [0.15, 0.2) is 28.8 Å². The van der Waals surface area contributed by atoms with E-state index < -0.39 is 11.9 Å². The Morgan fingerprint density at radius 2 is 2.17 bits per heavy atom. The summed E-state index contributed by atoms with van der Waals surface area (Å²) in [6.45, 7) is 0.365. The van der Waals surface area contributed by atoms with Crippen molar-refractivity contribution < 1.29 is 13.7 Å². The van der Waals surface area contributed by atoms with Gasteiger partial charge in [0.05, 0.1) is 0 Å². The van der Waals surface area contributed by atoms with Crippen LogP contribution in [0.3, 0.4) is 0 Å². The van der Waals surface area contributed by atoms with Gasteiger partial charge in [0, 0.05) is 24.4 Å². The summed E-state index contributed by atoms with van der Waals surface area (Å²) < 4.78 is 19.2. The summed E-state index contributed by atoms with van der Waals surface area (Å²) in [7, 11) is 3.49. The van der Waals surface area contributed by atoms with Crippen molar-refractivity contribution >= 4 is 5.91 Å². The minimum atomic E-state index is -0.684. The maximum Gasteiger partial charge on any atom is 0.242 e. The van der Waals surface area contributed by atoms with Crippen molar-refractivity contribution in [2.45, 2.75) is 31.2 Å². The third kappa shape index (κ3) is 3.79. The molecule has 1 fully saturated rings. The molecule has 1 aliphatic rings. The monoisotopic (exact) mass is 332 g/mol. The number of aromatic nitrogens is 2. The van der Waals surface area contributed by atoms with E-state index in [-0.39, 0.29) is 5.91 Å². The van der Waals surface area contributed by atoms with Gasteiger partial charge in [-0.05, 0) is 33.0 Å².